The van der Waals surface area contributed by atoms with Crippen LogP contribution in [0, 0.1) is 11.3 Å². The number of hydrogen-bond acceptors (Lipinski definition) is 5. The largest absolute Gasteiger partial charge is 0.494 e. The molecule has 1 aliphatic heterocycles. The van der Waals surface area contributed by atoms with Crippen LogP contribution in [-0.2, 0) is 9.53 Å². The number of ether oxygens (including phenoxy) is 2. The Balaban J connectivity index is 1.78. The van der Waals surface area contributed by atoms with Gasteiger partial charge in [-0.2, -0.15) is 5.26 Å². The van der Waals surface area contributed by atoms with Crippen molar-refractivity contribution in [1.82, 2.24) is 0 Å². The summed E-state index contributed by atoms with van der Waals surface area (Å²) in [7, 11) is 0. The first kappa shape index (κ1) is 21.3. The molecule has 2 amide bonds. The SMILES string of the molecule is CCOc1ccc(N(CCC#N)C(=O)c2cccc(NC(=O)C3CCCO3)c2)cc1. The first-order chi connectivity index (χ1) is 14.6. The molecule has 1 atom stereocenters. The van der Waals surface area contributed by atoms with Crippen LogP contribution in [0.25, 0.3) is 0 Å². The molecule has 156 valence electrons. The standard InChI is InChI=1S/C23H25N3O4/c1-2-29-20-11-9-19(10-12-20)26(14-5-13-24)23(28)17-6-3-7-18(16-17)25-22(27)21-8-4-15-30-21/h3,6-7,9-12,16,21H,2,4-5,8,14-15H2,1H3,(H,25,27). The molecule has 2 aromatic rings. The molecular weight excluding hydrogens is 382 g/mol. The van der Waals surface area contributed by atoms with Crippen LogP contribution in [0.5, 0.6) is 5.75 Å². The lowest BCUT2D eigenvalue weighted by Gasteiger charge is -2.22. The first-order valence-corrected chi connectivity index (χ1v) is 10.1. The number of carbonyl (C=O) groups is 2. The predicted octanol–water partition coefficient (Wildman–Crippen LogP) is 3.76. The zero-order valence-corrected chi connectivity index (χ0v) is 17.0. The molecule has 7 heteroatoms. The highest BCUT2D eigenvalue weighted by molar-refractivity contribution is 6.07. The summed E-state index contributed by atoms with van der Waals surface area (Å²) < 4.78 is 10.9. The smallest absolute Gasteiger partial charge is 0.258 e. The van der Waals surface area contributed by atoms with E-state index in [9.17, 15) is 9.59 Å². The van der Waals surface area contributed by atoms with Gasteiger partial charge in [-0.1, -0.05) is 6.07 Å². The van der Waals surface area contributed by atoms with Gasteiger partial charge in [0.1, 0.15) is 11.9 Å². The summed E-state index contributed by atoms with van der Waals surface area (Å²) in [6, 6.07) is 16.1. The fraction of sp³-hybridized carbons (Fsp3) is 0.348. The molecule has 1 unspecified atom stereocenters. The second-order valence-corrected chi connectivity index (χ2v) is 6.86. The molecule has 0 saturated carbocycles. The Kier molecular flexibility index (Phi) is 7.41. The lowest BCUT2D eigenvalue weighted by atomic mass is 10.1. The summed E-state index contributed by atoms with van der Waals surface area (Å²) in [4.78, 5) is 27.1. The van der Waals surface area contributed by atoms with Gasteiger partial charge >= 0.3 is 0 Å². The Morgan fingerprint density at radius 2 is 2.07 bits per heavy atom. The van der Waals surface area contributed by atoms with Crippen molar-refractivity contribution < 1.29 is 19.1 Å². The molecule has 3 rings (SSSR count). The summed E-state index contributed by atoms with van der Waals surface area (Å²) in [5.41, 5.74) is 1.63. The lowest BCUT2D eigenvalue weighted by molar-refractivity contribution is -0.124. The van der Waals surface area contributed by atoms with E-state index in [0.29, 0.717) is 42.3 Å². The molecule has 30 heavy (non-hydrogen) atoms. The minimum atomic E-state index is -0.444. The summed E-state index contributed by atoms with van der Waals surface area (Å²) in [6.07, 6.45) is 1.32. The molecule has 1 saturated heterocycles. The van der Waals surface area contributed by atoms with E-state index in [-0.39, 0.29) is 24.8 Å². The summed E-state index contributed by atoms with van der Waals surface area (Å²) in [5, 5.41) is 11.8. The minimum absolute atomic E-state index is 0.203. The molecule has 7 nitrogen and oxygen atoms in total. The Morgan fingerprint density at radius 1 is 1.27 bits per heavy atom. The van der Waals surface area contributed by atoms with Gasteiger partial charge in [0.15, 0.2) is 0 Å². The van der Waals surface area contributed by atoms with Crippen LogP contribution in [0.15, 0.2) is 48.5 Å². The number of amides is 2. The first-order valence-electron chi connectivity index (χ1n) is 10.1. The zero-order chi connectivity index (χ0) is 21.3. The summed E-state index contributed by atoms with van der Waals surface area (Å²) in [5.74, 6) is 0.264. The molecule has 1 fully saturated rings. The van der Waals surface area contributed by atoms with Crippen molar-refractivity contribution in [2.24, 2.45) is 0 Å². The highest BCUT2D eigenvalue weighted by Crippen LogP contribution is 2.23. The summed E-state index contributed by atoms with van der Waals surface area (Å²) in [6.45, 7) is 3.31. The number of carbonyl (C=O) groups excluding carboxylic acids is 2. The number of rotatable bonds is 8. The molecule has 0 radical (unpaired) electrons. The number of nitrogens with one attached hydrogen (secondary N) is 1. The van der Waals surface area contributed by atoms with Gasteiger partial charge < -0.3 is 19.7 Å². The van der Waals surface area contributed by atoms with Gasteiger partial charge in [0.05, 0.1) is 19.1 Å². The Bertz CT molecular complexity index is 915. The van der Waals surface area contributed by atoms with Gasteiger partial charge in [-0.05, 0) is 62.2 Å². The molecular formula is C23H25N3O4. The van der Waals surface area contributed by atoms with E-state index in [1.54, 1.807) is 53.4 Å². The Hall–Kier alpha value is -3.37. The van der Waals surface area contributed by atoms with E-state index >= 15 is 0 Å². The monoisotopic (exact) mass is 407 g/mol. The van der Waals surface area contributed by atoms with Crippen molar-refractivity contribution in [2.45, 2.75) is 32.3 Å². The third-order valence-electron chi connectivity index (χ3n) is 4.75. The highest BCUT2D eigenvalue weighted by Gasteiger charge is 2.24. The van der Waals surface area contributed by atoms with Crippen molar-refractivity contribution >= 4 is 23.2 Å². The normalized spacial score (nSPS) is 15.3. The highest BCUT2D eigenvalue weighted by atomic mass is 16.5. The average molecular weight is 407 g/mol. The van der Waals surface area contributed by atoms with Crippen LogP contribution in [-0.4, -0.2) is 37.7 Å². The molecule has 1 heterocycles. The molecule has 0 spiro atoms. The number of hydrogen-bond donors (Lipinski definition) is 1. The molecule has 2 aromatic carbocycles. The van der Waals surface area contributed by atoms with Crippen molar-refractivity contribution in [2.75, 3.05) is 30.0 Å². The van der Waals surface area contributed by atoms with Gasteiger partial charge in [-0.15, -0.1) is 0 Å². The molecule has 0 bridgehead atoms. The van der Waals surface area contributed by atoms with Crippen molar-refractivity contribution in [3.63, 3.8) is 0 Å². The third-order valence-corrected chi connectivity index (χ3v) is 4.75. The Labute approximate surface area is 176 Å². The quantitative estimate of drug-likeness (QED) is 0.719. The zero-order valence-electron chi connectivity index (χ0n) is 17.0. The van der Waals surface area contributed by atoms with E-state index in [2.05, 4.69) is 11.4 Å². The fourth-order valence-corrected chi connectivity index (χ4v) is 3.29. The lowest BCUT2D eigenvalue weighted by Crippen LogP contribution is -2.32. The van der Waals surface area contributed by atoms with E-state index in [4.69, 9.17) is 14.7 Å². The van der Waals surface area contributed by atoms with Crippen molar-refractivity contribution in [3.05, 3.63) is 54.1 Å². The van der Waals surface area contributed by atoms with Crippen LogP contribution in [0.3, 0.4) is 0 Å². The molecule has 0 aliphatic carbocycles. The topological polar surface area (TPSA) is 91.7 Å². The van der Waals surface area contributed by atoms with E-state index in [1.165, 1.54) is 0 Å². The van der Waals surface area contributed by atoms with Gasteiger partial charge in [0.2, 0.25) is 0 Å². The average Bonchev–Trinajstić information content (AvgIpc) is 3.30. The number of benzene rings is 2. The second kappa shape index (κ2) is 10.4. The number of nitrogens with zero attached hydrogens (tertiary/aromatic N) is 2. The second-order valence-electron chi connectivity index (χ2n) is 6.86. The van der Waals surface area contributed by atoms with E-state index in [0.717, 1.165) is 6.42 Å². The van der Waals surface area contributed by atoms with Gasteiger partial charge in [-0.25, -0.2) is 0 Å². The third kappa shape index (κ3) is 5.37. The number of nitriles is 1. The Morgan fingerprint density at radius 3 is 2.73 bits per heavy atom. The van der Waals surface area contributed by atoms with Crippen LogP contribution < -0.4 is 15.0 Å². The van der Waals surface area contributed by atoms with Gasteiger partial charge in [-0.3, -0.25) is 9.59 Å². The summed E-state index contributed by atoms with van der Waals surface area (Å²) >= 11 is 0. The van der Waals surface area contributed by atoms with Gasteiger partial charge in [0.25, 0.3) is 11.8 Å². The van der Waals surface area contributed by atoms with Crippen LogP contribution >= 0.6 is 0 Å². The maximum Gasteiger partial charge on any atom is 0.258 e. The molecule has 1 aliphatic rings. The van der Waals surface area contributed by atoms with Crippen molar-refractivity contribution in [3.8, 4) is 11.8 Å². The fourth-order valence-electron chi connectivity index (χ4n) is 3.29. The van der Waals surface area contributed by atoms with Crippen LogP contribution in [0.1, 0.15) is 36.5 Å². The maximum absolute atomic E-state index is 13.2. The number of anilines is 2. The molecule has 0 aromatic heterocycles. The van der Waals surface area contributed by atoms with Crippen LogP contribution in [0.2, 0.25) is 0 Å². The van der Waals surface area contributed by atoms with E-state index < -0.39 is 6.10 Å². The minimum Gasteiger partial charge on any atom is -0.494 e. The van der Waals surface area contributed by atoms with Crippen molar-refractivity contribution in [1.29, 1.82) is 5.26 Å². The van der Waals surface area contributed by atoms with Gasteiger partial charge in [0, 0.05) is 30.1 Å². The van der Waals surface area contributed by atoms with E-state index in [1.807, 2.05) is 6.92 Å². The maximum atomic E-state index is 13.2. The predicted molar refractivity (Wildman–Crippen MR) is 114 cm³/mol. The molecule has 1 N–H and O–H groups in total. The van der Waals surface area contributed by atoms with Crippen LogP contribution in [0.4, 0.5) is 11.4 Å².